The SMILES string of the molecule is CCCC[C@@H](CC)C(=O)N1CCCN(c2nc(CN(C)Cc3ccccc3)cc(=O)[nH]2)CC1. The van der Waals surface area contributed by atoms with Gasteiger partial charge >= 0.3 is 0 Å². The van der Waals surface area contributed by atoms with Crippen LogP contribution in [0.1, 0.15) is 57.2 Å². The summed E-state index contributed by atoms with van der Waals surface area (Å²) in [5.74, 6) is 1.02. The van der Waals surface area contributed by atoms with Crippen molar-refractivity contribution in [2.75, 3.05) is 38.1 Å². The van der Waals surface area contributed by atoms with Crippen molar-refractivity contribution < 1.29 is 4.79 Å². The van der Waals surface area contributed by atoms with Gasteiger partial charge in [-0.1, -0.05) is 57.0 Å². The fourth-order valence-corrected chi connectivity index (χ4v) is 4.51. The highest BCUT2D eigenvalue weighted by molar-refractivity contribution is 5.78. The Labute approximate surface area is 197 Å². The zero-order valence-corrected chi connectivity index (χ0v) is 20.4. The van der Waals surface area contributed by atoms with E-state index in [9.17, 15) is 9.59 Å². The van der Waals surface area contributed by atoms with Gasteiger partial charge in [0, 0.05) is 51.3 Å². The number of carbonyl (C=O) groups excluding carboxylic acids is 1. The third-order valence-electron chi connectivity index (χ3n) is 6.36. The van der Waals surface area contributed by atoms with E-state index in [1.807, 2.05) is 30.1 Å². The van der Waals surface area contributed by atoms with Gasteiger partial charge in [0.2, 0.25) is 11.9 Å². The normalized spacial score (nSPS) is 15.5. The van der Waals surface area contributed by atoms with Gasteiger partial charge < -0.3 is 9.80 Å². The van der Waals surface area contributed by atoms with E-state index < -0.39 is 0 Å². The lowest BCUT2D eigenvalue weighted by molar-refractivity contribution is -0.135. The number of aromatic nitrogens is 2. The van der Waals surface area contributed by atoms with Gasteiger partial charge in [0.15, 0.2) is 0 Å². The second-order valence-corrected chi connectivity index (χ2v) is 9.13. The van der Waals surface area contributed by atoms with E-state index in [2.05, 4.69) is 40.8 Å². The number of anilines is 1. The van der Waals surface area contributed by atoms with Crippen LogP contribution in [0.15, 0.2) is 41.2 Å². The van der Waals surface area contributed by atoms with Gasteiger partial charge in [-0.05, 0) is 31.9 Å². The molecule has 0 unspecified atom stereocenters. The topological polar surface area (TPSA) is 72.5 Å². The molecule has 2 heterocycles. The predicted octanol–water partition coefficient (Wildman–Crippen LogP) is 3.66. The maximum atomic E-state index is 13.0. The molecule has 0 spiro atoms. The average Bonchev–Trinajstić information content (AvgIpc) is 3.06. The van der Waals surface area contributed by atoms with E-state index in [4.69, 9.17) is 4.98 Å². The molecule has 7 nitrogen and oxygen atoms in total. The Kier molecular flexibility index (Phi) is 9.48. The summed E-state index contributed by atoms with van der Waals surface area (Å²) in [5, 5.41) is 0. The highest BCUT2D eigenvalue weighted by atomic mass is 16.2. The van der Waals surface area contributed by atoms with E-state index in [0.717, 1.165) is 57.4 Å². The van der Waals surface area contributed by atoms with E-state index in [1.54, 1.807) is 6.07 Å². The Morgan fingerprint density at radius 3 is 2.64 bits per heavy atom. The zero-order chi connectivity index (χ0) is 23.6. The summed E-state index contributed by atoms with van der Waals surface area (Å²) in [4.78, 5) is 39.4. The number of carbonyl (C=O) groups is 1. The van der Waals surface area contributed by atoms with E-state index >= 15 is 0 Å². The first kappa shape index (κ1) is 25.0. The van der Waals surface area contributed by atoms with Crippen LogP contribution in [-0.2, 0) is 17.9 Å². The summed E-state index contributed by atoms with van der Waals surface area (Å²) in [7, 11) is 2.04. The van der Waals surface area contributed by atoms with Crippen molar-refractivity contribution >= 4 is 11.9 Å². The quantitative estimate of drug-likeness (QED) is 0.594. The molecule has 1 saturated heterocycles. The smallest absolute Gasteiger partial charge is 0.252 e. The lowest BCUT2D eigenvalue weighted by atomic mass is 9.97. The molecule has 0 radical (unpaired) electrons. The molecule has 33 heavy (non-hydrogen) atoms. The predicted molar refractivity (Wildman–Crippen MR) is 133 cm³/mol. The van der Waals surface area contributed by atoms with Crippen LogP contribution < -0.4 is 10.5 Å². The van der Waals surface area contributed by atoms with Crippen LogP contribution >= 0.6 is 0 Å². The number of H-pyrrole nitrogens is 1. The molecular formula is C26H39N5O2. The number of aromatic amines is 1. The van der Waals surface area contributed by atoms with E-state index in [1.165, 1.54) is 5.56 Å². The van der Waals surface area contributed by atoms with Crippen molar-refractivity contribution in [3.05, 3.63) is 58.0 Å². The fourth-order valence-electron chi connectivity index (χ4n) is 4.51. The molecular weight excluding hydrogens is 414 g/mol. The van der Waals surface area contributed by atoms with Crippen molar-refractivity contribution in [1.82, 2.24) is 19.8 Å². The highest BCUT2D eigenvalue weighted by Crippen LogP contribution is 2.18. The molecule has 1 fully saturated rings. The van der Waals surface area contributed by atoms with Crippen molar-refractivity contribution in [3.63, 3.8) is 0 Å². The number of amides is 1. The molecule has 1 aromatic carbocycles. The second-order valence-electron chi connectivity index (χ2n) is 9.13. The van der Waals surface area contributed by atoms with Crippen LogP contribution in [0.25, 0.3) is 0 Å². The first-order valence-electron chi connectivity index (χ1n) is 12.4. The van der Waals surface area contributed by atoms with Crippen LogP contribution in [0.4, 0.5) is 5.95 Å². The number of rotatable bonds is 10. The molecule has 1 aliphatic rings. The third-order valence-corrected chi connectivity index (χ3v) is 6.36. The first-order chi connectivity index (χ1) is 16.0. The number of hydrogen-bond acceptors (Lipinski definition) is 5. The van der Waals surface area contributed by atoms with Crippen molar-refractivity contribution in [2.24, 2.45) is 5.92 Å². The summed E-state index contributed by atoms with van der Waals surface area (Å²) >= 11 is 0. The largest absolute Gasteiger partial charge is 0.341 e. The van der Waals surface area contributed by atoms with Gasteiger partial charge in [0.05, 0.1) is 5.69 Å². The standard InChI is InChI=1S/C26H39N5O2/c1-4-6-13-22(5-2)25(33)30-14-10-15-31(17-16-30)26-27-23(18-24(32)28-26)20-29(3)19-21-11-8-7-9-12-21/h7-9,11-12,18,22H,4-6,10,13-17,19-20H2,1-3H3,(H,27,28,32)/t22-/m1/s1. The second kappa shape index (κ2) is 12.5. The fraction of sp³-hybridized carbons (Fsp3) is 0.577. The summed E-state index contributed by atoms with van der Waals surface area (Å²) in [5.41, 5.74) is 1.85. The number of benzene rings is 1. The summed E-state index contributed by atoms with van der Waals surface area (Å²) in [6, 6.07) is 11.9. The van der Waals surface area contributed by atoms with Crippen LogP contribution in [-0.4, -0.2) is 58.9 Å². The van der Waals surface area contributed by atoms with Crippen molar-refractivity contribution in [1.29, 1.82) is 0 Å². The van der Waals surface area contributed by atoms with Gasteiger partial charge in [-0.15, -0.1) is 0 Å². The van der Waals surface area contributed by atoms with Crippen LogP contribution in [0.5, 0.6) is 0 Å². The lowest BCUT2D eigenvalue weighted by Gasteiger charge is -2.26. The number of nitrogens with zero attached hydrogens (tertiary/aromatic N) is 4. The molecule has 2 aromatic rings. The molecule has 0 aliphatic carbocycles. The average molecular weight is 454 g/mol. The monoisotopic (exact) mass is 453 g/mol. The molecule has 0 bridgehead atoms. The Morgan fingerprint density at radius 1 is 1.12 bits per heavy atom. The van der Waals surface area contributed by atoms with Gasteiger partial charge in [-0.3, -0.25) is 19.5 Å². The highest BCUT2D eigenvalue weighted by Gasteiger charge is 2.25. The van der Waals surface area contributed by atoms with Gasteiger partial charge in [0.25, 0.3) is 5.56 Å². The Balaban J connectivity index is 1.63. The maximum absolute atomic E-state index is 13.0. The molecule has 1 aliphatic heterocycles. The summed E-state index contributed by atoms with van der Waals surface area (Å²) in [6.07, 6.45) is 4.96. The molecule has 1 amide bonds. The van der Waals surface area contributed by atoms with Crippen LogP contribution in [0.3, 0.4) is 0 Å². The molecule has 3 rings (SSSR count). The summed E-state index contributed by atoms with van der Waals surface area (Å²) < 4.78 is 0. The molecule has 1 atom stereocenters. The number of unbranched alkanes of at least 4 members (excludes halogenated alkanes) is 1. The minimum atomic E-state index is -0.133. The van der Waals surface area contributed by atoms with Crippen molar-refractivity contribution in [2.45, 2.75) is 59.0 Å². The minimum Gasteiger partial charge on any atom is -0.341 e. The molecule has 1 N–H and O–H groups in total. The maximum Gasteiger partial charge on any atom is 0.252 e. The summed E-state index contributed by atoms with van der Waals surface area (Å²) in [6.45, 7) is 8.57. The lowest BCUT2D eigenvalue weighted by Crippen LogP contribution is -2.39. The van der Waals surface area contributed by atoms with Crippen molar-refractivity contribution in [3.8, 4) is 0 Å². The Morgan fingerprint density at radius 2 is 1.91 bits per heavy atom. The van der Waals surface area contributed by atoms with E-state index in [-0.39, 0.29) is 17.4 Å². The third kappa shape index (κ3) is 7.42. The Bertz CT molecular complexity index is 930. The first-order valence-corrected chi connectivity index (χ1v) is 12.4. The zero-order valence-electron chi connectivity index (χ0n) is 20.4. The minimum absolute atomic E-state index is 0.123. The van der Waals surface area contributed by atoms with Crippen LogP contribution in [0, 0.1) is 5.92 Å². The molecule has 180 valence electrons. The van der Waals surface area contributed by atoms with Gasteiger partial charge in [0.1, 0.15) is 0 Å². The van der Waals surface area contributed by atoms with Gasteiger partial charge in [-0.25, -0.2) is 4.98 Å². The Hall–Kier alpha value is -2.67. The molecule has 7 heteroatoms. The number of hydrogen-bond donors (Lipinski definition) is 1. The van der Waals surface area contributed by atoms with Gasteiger partial charge in [-0.2, -0.15) is 0 Å². The molecule has 1 aromatic heterocycles. The number of nitrogens with one attached hydrogen (secondary N) is 1. The van der Waals surface area contributed by atoms with E-state index in [0.29, 0.717) is 25.6 Å². The van der Waals surface area contributed by atoms with Crippen LogP contribution in [0.2, 0.25) is 0 Å². The molecule has 0 saturated carbocycles.